The number of hydrogen-bond acceptors (Lipinski definition) is 1. The predicted molar refractivity (Wildman–Crippen MR) is 114 cm³/mol. The van der Waals surface area contributed by atoms with Gasteiger partial charge in [0.25, 0.3) is 0 Å². The van der Waals surface area contributed by atoms with E-state index in [2.05, 4.69) is 30.8 Å². The van der Waals surface area contributed by atoms with E-state index in [9.17, 15) is 0 Å². The normalized spacial score (nSPS) is 37.7. The first-order valence-electron chi connectivity index (χ1n) is 10.4. The Morgan fingerprint density at radius 1 is 0.654 bits per heavy atom. The van der Waals surface area contributed by atoms with Crippen molar-refractivity contribution in [2.24, 2.45) is 34.6 Å². The maximum atomic E-state index is 4.22. The summed E-state index contributed by atoms with van der Waals surface area (Å²) in [6.45, 7) is 6.15. The molecule has 0 aromatic carbocycles. The van der Waals surface area contributed by atoms with E-state index in [1.807, 2.05) is 0 Å². The summed E-state index contributed by atoms with van der Waals surface area (Å²) in [5.41, 5.74) is 0. The third kappa shape index (κ3) is 7.55. The standard InChI is InChI=1S/C22H37N.2CH4.V/c1-17-3-11-20(12-4-17)21-13-7-18(8-14-21)5-6-19-9-15-22(23-2)16-10-19;;;/h5-6,17-22H,2-4,7-16H2,1H3;2*1H4;/b6-5+;;;. The van der Waals surface area contributed by atoms with Gasteiger partial charge in [-0.2, -0.15) is 0 Å². The second kappa shape index (κ2) is 13.2. The van der Waals surface area contributed by atoms with E-state index in [0.717, 1.165) is 29.6 Å². The molecule has 0 saturated heterocycles. The zero-order chi connectivity index (χ0) is 16.1. The molecule has 0 bridgehead atoms. The molecule has 3 saturated carbocycles. The average molecular weight is 399 g/mol. The van der Waals surface area contributed by atoms with Crippen LogP contribution < -0.4 is 0 Å². The number of allylic oxidation sites excluding steroid dienone is 2. The van der Waals surface area contributed by atoms with Crippen molar-refractivity contribution in [3.63, 3.8) is 0 Å². The van der Waals surface area contributed by atoms with Gasteiger partial charge in [-0.3, -0.25) is 4.99 Å². The predicted octanol–water partition coefficient (Wildman–Crippen LogP) is 7.70. The third-order valence-electron chi connectivity index (χ3n) is 7.20. The maximum absolute atomic E-state index is 4.22. The maximum Gasteiger partial charge on any atom is 0.0492 e. The number of aliphatic imine (C=N–C) groups is 1. The molecular weight excluding hydrogens is 353 g/mol. The third-order valence-corrected chi connectivity index (χ3v) is 7.20. The summed E-state index contributed by atoms with van der Waals surface area (Å²) in [4.78, 5) is 4.22. The molecule has 26 heavy (non-hydrogen) atoms. The van der Waals surface area contributed by atoms with Gasteiger partial charge in [-0.1, -0.05) is 46.8 Å². The summed E-state index contributed by atoms with van der Waals surface area (Å²) in [6, 6.07) is 0.549. The van der Waals surface area contributed by atoms with E-state index in [1.54, 1.807) is 0 Å². The smallest absolute Gasteiger partial charge is 0.0492 e. The first kappa shape index (κ1) is 26.0. The average Bonchev–Trinajstić information content (AvgIpc) is 2.61. The van der Waals surface area contributed by atoms with Gasteiger partial charge in [-0.15, -0.1) is 0 Å². The van der Waals surface area contributed by atoms with Crippen molar-refractivity contribution in [2.45, 2.75) is 105 Å². The van der Waals surface area contributed by atoms with Crippen LogP contribution in [0.1, 0.15) is 98.8 Å². The fourth-order valence-electron chi connectivity index (χ4n) is 5.36. The molecule has 3 rings (SSSR count). The largest absolute Gasteiger partial charge is 0.298 e. The first-order chi connectivity index (χ1) is 11.2. The van der Waals surface area contributed by atoms with Crippen LogP contribution in [-0.2, 0) is 18.6 Å². The van der Waals surface area contributed by atoms with Crippen molar-refractivity contribution >= 4 is 6.72 Å². The molecule has 0 spiro atoms. The number of hydrogen-bond donors (Lipinski definition) is 0. The molecule has 3 aliphatic rings. The van der Waals surface area contributed by atoms with Gasteiger partial charge >= 0.3 is 0 Å². The van der Waals surface area contributed by atoms with Crippen LogP contribution in [0.15, 0.2) is 17.1 Å². The Morgan fingerprint density at radius 2 is 1.04 bits per heavy atom. The van der Waals surface area contributed by atoms with E-state index >= 15 is 0 Å². The van der Waals surface area contributed by atoms with Crippen LogP contribution in [-0.4, -0.2) is 12.8 Å². The van der Waals surface area contributed by atoms with Crippen LogP contribution in [0.25, 0.3) is 0 Å². The van der Waals surface area contributed by atoms with Crippen molar-refractivity contribution < 1.29 is 18.6 Å². The van der Waals surface area contributed by atoms with Crippen molar-refractivity contribution in [1.29, 1.82) is 0 Å². The molecule has 0 aromatic heterocycles. The monoisotopic (exact) mass is 398 g/mol. The Morgan fingerprint density at radius 3 is 1.46 bits per heavy atom. The molecule has 0 unspecified atom stereocenters. The van der Waals surface area contributed by atoms with Gasteiger partial charge < -0.3 is 0 Å². The second-order valence-electron chi connectivity index (χ2n) is 8.83. The summed E-state index contributed by atoms with van der Waals surface area (Å²) in [6.07, 6.45) is 22.3. The molecule has 0 aliphatic heterocycles. The molecule has 0 atom stereocenters. The van der Waals surface area contributed by atoms with Crippen molar-refractivity contribution in [3.05, 3.63) is 12.2 Å². The summed E-state index contributed by atoms with van der Waals surface area (Å²) in [7, 11) is 0. The van der Waals surface area contributed by atoms with E-state index in [-0.39, 0.29) is 33.4 Å². The number of nitrogens with zero attached hydrogens (tertiary/aromatic N) is 1. The van der Waals surface area contributed by atoms with Crippen LogP contribution >= 0.6 is 0 Å². The minimum atomic E-state index is 0. The molecule has 151 valence electrons. The molecular formula is C24H45NV. The fraction of sp³-hybridized carbons (Fsp3) is 0.875. The summed E-state index contributed by atoms with van der Waals surface area (Å²) in [5, 5.41) is 0. The van der Waals surface area contributed by atoms with Gasteiger partial charge in [-0.05, 0) is 101 Å². The fourth-order valence-corrected chi connectivity index (χ4v) is 5.36. The van der Waals surface area contributed by atoms with E-state index in [4.69, 9.17) is 0 Å². The first-order valence-corrected chi connectivity index (χ1v) is 10.4. The Balaban J connectivity index is 0.00000208. The SMILES string of the molecule is C.C.C=NC1CCC(/C=C/C2CCC(C3CCC(C)CC3)CC2)CC1.[V]. The minimum Gasteiger partial charge on any atom is -0.298 e. The molecule has 2 heteroatoms. The molecule has 1 nitrogen and oxygen atoms in total. The van der Waals surface area contributed by atoms with Crippen molar-refractivity contribution in [3.8, 4) is 0 Å². The topological polar surface area (TPSA) is 12.4 Å². The Kier molecular flexibility index (Phi) is 13.2. The van der Waals surface area contributed by atoms with Crippen LogP contribution in [0.3, 0.4) is 0 Å². The summed E-state index contributed by atoms with van der Waals surface area (Å²) in [5.74, 6) is 4.82. The zero-order valence-corrected chi connectivity index (χ0v) is 17.1. The van der Waals surface area contributed by atoms with Gasteiger partial charge in [0.1, 0.15) is 0 Å². The summed E-state index contributed by atoms with van der Waals surface area (Å²) < 4.78 is 0. The minimum absolute atomic E-state index is 0. The quantitative estimate of drug-likeness (QED) is 0.340. The molecule has 3 aliphatic carbocycles. The molecule has 1 radical (unpaired) electrons. The van der Waals surface area contributed by atoms with Gasteiger partial charge in [0.15, 0.2) is 0 Å². The van der Waals surface area contributed by atoms with Gasteiger partial charge in [0.2, 0.25) is 0 Å². The molecule has 3 fully saturated rings. The molecule has 0 amide bonds. The van der Waals surface area contributed by atoms with Crippen LogP contribution in [0.4, 0.5) is 0 Å². The molecule has 0 N–H and O–H groups in total. The number of rotatable bonds is 4. The Hall–Kier alpha value is -0.00558. The second-order valence-corrected chi connectivity index (χ2v) is 8.83. The van der Waals surface area contributed by atoms with Crippen LogP contribution in [0, 0.1) is 29.6 Å². The molecule has 0 heterocycles. The zero-order valence-electron chi connectivity index (χ0n) is 15.7. The van der Waals surface area contributed by atoms with Crippen molar-refractivity contribution in [1.82, 2.24) is 0 Å². The van der Waals surface area contributed by atoms with Gasteiger partial charge in [-0.25, -0.2) is 0 Å². The van der Waals surface area contributed by atoms with E-state index < -0.39 is 0 Å². The van der Waals surface area contributed by atoms with E-state index in [0.29, 0.717) is 6.04 Å². The Bertz CT molecular complexity index is 381. The van der Waals surface area contributed by atoms with Gasteiger partial charge in [0, 0.05) is 24.6 Å². The van der Waals surface area contributed by atoms with Gasteiger partial charge in [0.05, 0.1) is 0 Å². The summed E-state index contributed by atoms with van der Waals surface area (Å²) >= 11 is 0. The van der Waals surface area contributed by atoms with E-state index in [1.165, 1.54) is 77.0 Å². The van der Waals surface area contributed by atoms with Crippen LogP contribution in [0.5, 0.6) is 0 Å². The molecule has 0 aromatic rings. The van der Waals surface area contributed by atoms with Crippen molar-refractivity contribution in [2.75, 3.05) is 0 Å². The Labute approximate surface area is 176 Å². The van der Waals surface area contributed by atoms with Crippen LogP contribution in [0.2, 0.25) is 0 Å².